The minimum atomic E-state index is -0.834. The molecule has 0 fully saturated rings. The van der Waals surface area contributed by atoms with Gasteiger partial charge in [-0.15, -0.1) is 0 Å². The highest BCUT2D eigenvalue weighted by molar-refractivity contribution is 5.71. The predicted octanol–water partition coefficient (Wildman–Crippen LogP) is 16.8. The molecule has 0 saturated carbocycles. The fourth-order valence-electron chi connectivity index (χ4n) is 6.52. The van der Waals surface area contributed by atoms with Crippen molar-refractivity contribution in [3.05, 3.63) is 109 Å². The average Bonchev–Trinajstić information content (AvgIpc) is 3.28. The number of ether oxygens (including phenoxy) is 3. The third-order valence-electron chi connectivity index (χ3n) is 10.3. The normalized spacial score (nSPS) is 13.0. The molecule has 0 aromatic heterocycles. The second-order valence-corrected chi connectivity index (χ2v) is 16.4. The van der Waals surface area contributed by atoms with Crippen molar-refractivity contribution in [3.8, 4) is 0 Å². The van der Waals surface area contributed by atoms with E-state index in [9.17, 15) is 14.4 Å². The molecule has 63 heavy (non-hydrogen) atoms. The molecule has 0 heterocycles. The van der Waals surface area contributed by atoms with E-state index in [-0.39, 0.29) is 50.4 Å². The van der Waals surface area contributed by atoms with E-state index in [0.717, 1.165) is 77.0 Å². The maximum Gasteiger partial charge on any atom is 0.306 e. The summed E-state index contributed by atoms with van der Waals surface area (Å²) in [5.74, 6) is -1.08. The van der Waals surface area contributed by atoms with Crippen LogP contribution in [0, 0.1) is 0 Å². The van der Waals surface area contributed by atoms with Crippen LogP contribution in [0.4, 0.5) is 0 Å². The largest absolute Gasteiger partial charge is 0.462 e. The molecule has 0 aliphatic carbocycles. The number of rotatable bonds is 44. The molecule has 0 spiro atoms. The molecule has 0 aliphatic heterocycles. The second-order valence-electron chi connectivity index (χ2n) is 16.4. The molecular formula is C57H92O6. The molecule has 0 rings (SSSR count). The van der Waals surface area contributed by atoms with Gasteiger partial charge in [0.05, 0.1) is 0 Å². The highest BCUT2D eigenvalue weighted by atomic mass is 16.6. The van der Waals surface area contributed by atoms with Gasteiger partial charge in [0.2, 0.25) is 0 Å². The van der Waals surface area contributed by atoms with Crippen LogP contribution in [0.3, 0.4) is 0 Å². The lowest BCUT2D eigenvalue weighted by atomic mass is 10.1. The Hall–Kier alpha value is -3.93. The van der Waals surface area contributed by atoms with E-state index in [1.807, 2.05) is 30.4 Å². The summed E-state index contributed by atoms with van der Waals surface area (Å²) in [5, 5.41) is 0. The van der Waals surface area contributed by atoms with Gasteiger partial charge in [0.15, 0.2) is 6.10 Å². The molecular weight excluding hydrogens is 781 g/mol. The molecule has 0 radical (unpaired) electrons. The number of allylic oxidation sites excluding steroid dienone is 18. The second kappa shape index (κ2) is 50.7. The molecule has 6 nitrogen and oxygen atoms in total. The molecule has 0 aromatic carbocycles. The summed E-state index contributed by atoms with van der Waals surface area (Å²) in [4.78, 5) is 37.9. The first kappa shape index (κ1) is 59.1. The molecule has 1 unspecified atom stereocenters. The van der Waals surface area contributed by atoms with Gasteiger partial charge in [0, 0.05) is 19.3 Å². The van der Waals surface area contributed by atoms with Crippen molar-refractivity contribution in [2.24, 2.45) is 0 Å². The van der Waals surface area contributed by atoms with Crippen molar-refractivity contribution in [3.63, 3.8) is 0 Å². The Morgan fingerprint density at radius 3 is 1.25 bits per heavy atom. The SMILES string of the molecule is CC\C=C/C=C\C=C/C=C\CCCCCCCC(=O)OC(COC(=O)CC/C=C\C/C=C\CCCCCCCC)COC(=O)CCC/C=C\C/C=C\C/C=C\CCCCCCCC. The van der Waals surface area contributed by atoms with E-state index >= 15 is 0 Å². The highest BCUT2D eigenvalue weighted by Gasteiger charge is 2.19. The lowest BCUT2D eigenvalue weighted by Gasteiger charge is -2.18. The Morgan fingerprint density at radius 2 is 0.730 bits per heavy atom. The van der Waals surface area contributed by atoms with E-state index in [1.165, 1.54) is 83.5 Å². The first-order valence-corrected chi connectivity index (χ1v) is 25.4. The van der Waals surface area contributed by atoms with Gasteiger partial charge in [-0.1, -0.05) is 214 Å². The predicted molar refractivity (Wildman–Crippen MR) is 270 cm³/mol. The molecule has 1 atom stereocenters. The quantitative estimate of drug-likeness (QED) is 0.0199. The van der Waals surface area contributed by atoms with Crippen LogP contribution in [0.2, 0.25) is 0 Å². The Balaban J connectivity index is 4.58. The topological polar surface area (TPSA) is 78.9 Å². The molecule has 6 heteroatoms. The van der Waals surface area contributed by atoms with E-state index in [2.05, 4.69) is 99.8 Å². The minimum Gasteiger partial charge on any atom is -0.462 e. The average molecular weight is 873 g/mol. The fraction of sp³-hybridized carbons (Fsp3) is 0.632. The highest BCUT2D eigenvalue weighted by Crippen LogP contribution is 2.12. The number of unbranched alkanes of at least 4 members (excludes halogenated alkanes) is 18. The third kappa shape index (κ3) is 49.0. The van der Waals surface area contributed by atoms with Gasteiger partial charge in [0.1, 0.15) is 13.2 Å². The van der Waals surface area contributed by atoms with E-state index in [1.54, 1.807) is 0 Å². The van der Waals surface area contributed by atoms with Crippen molar-refractivity contribution >= 4 is 17.9 Å². The van der Waals surface area contributed by atoms with Crippen LogP contribution in [-0.4, -0.2) is 37.2 Å². The molecule has 0 amide bonds. The van der Waals surface area contributed by atoms with Crippen molar-refractivity contribution in [2.75, 3.05) is 13.2 Å². The van der Waals surface area contributed by atoms with Gasteiger partial charge in [-0.05, 0) is 89.9 Å². The minimum absolute atomic E-state index is 0.133. The van der Waals surface area contributed by atoms with E-state index in [0.29, 0.717) is 12.8 Å². The molecule has 356 valence electrons. The van der Waals surface area contributed by atoms with Crippen molar-refractivity contribution in [1.82, 2.24) is 0 Å². The monoisotopic (exact) mass is 873 g/mol. The van der Waals surface area contributed by atoms with Crippen LogP contribution < -0.4 is 0 Å². The van der Waals surface area contributed by atoms with Gasteiger partial charge in [-0.2, -0.15) is 0 Å². The van der Waals surface area contributed by atoms with Gasteiger partial charge in [-0.25, -0.2) is 0 Å². The summed E-state index contributed by atoms with van der Waals surface area (Å²) in [6.07, 6.45) is 68.0. The third-order valence-corrected chi connectivity index (χ3v) is 10.3. The van der Waals surface area contributed by atoms with Crippen LogP contribution in [0.5, 0.6) is 0 Å². The smallest absolute Gasteiger partial charge is 0.306 e. The van der Waals surface area contributed by atoms with Gasteiger partial charge >= 0.3 is 17.9 Å². The van der Waals surface area contributed by atoms with Crippen LogP contribution in [0.15, 0.2) is 109 Å². The first-order valence-electron chi connectivity index (χ1n) is 25.4. The van der Waals surface area contributed by atoms with Crippen molar-refractivity contribution in [2.45, 2.75) is 219 Å². The molecule has 0 saturated heterocycles. The summed E-state index contributed by atoms with van der Waals surface area (Å²) in [6.45, 7) is 6.35. The number of hydrogen-bond donors (Lipinski definition) is 0. The number of carbonyl (C=O) groups is 3. The summed E-state index contributed by atoms with van der Waals surface area (Å²) in [5.41, 5.74) is 0. The van der Waals surface area contributed by atoms with E-state index < -0.39 is 6.10 Å². The number of esters is 3. The Kier molecular flexibility index (Phi) is 47.5. The number of carbonyl (C=O) groups excluding carboxylic acids is 3. The zero-order valence-corrected chi connectivity index (χ0v) is 40.5. The lowest BCUT2D eigenvalue weighted by Crippen LogP contribution is -2.30. The van der Waals surface area contributed by atoms with E-state index in [4.69, 9.17) is 14.2 Å². The lowest BCUT2D eigenvalue weighted by molar-refractivity contribution is -0.166. The van der Waals surface area contributed by atoms with Gasteiger partial charge < -0.3 is 14.2 Å². The Bertz CT molecular complexity index is 1330. The van der Waals surface area contributed by atoms with Crippen LogP contribution >= 0.6 is 0 Å². The summed E-state index contributed by atoms with van der Waals surface area (Å²) >= 11 is 0. The summed E-state index contributed by atoms with van der Waals surface area (Å²) in [6, 6.07) is 0. The van der Waals surface area contributed by atoms with Gasteiger partial charge in [0.25, 0.3) is 0 Å². The zero-order chi connectivity index (χ0) is 45.8. The van der Waals surface area contributed by atoms with Gasteiger partial charge in [-0.3, -0.25) is 14.4 Å². The fourth-order valence-corrected chi connectivity index (χ4v) is 6.52. The maximum absolute atomic E-state index is 12.8. The Morgan fingerprint density at radius 1 is 0.349 bits per heavy atom. The van der Waals surface area contributed by atoms with Crippen LogP contribution in [-0.2, 0) is 28.6 Å². The van der Waals surface area contributed by atoms with Crippen LogP contribution in [0.1, 0.15) is 213 Å². The van der Waals surface area contributed by atoms with Crippen molar-refractivity contribution in [1.29, 1.82) is 0 Å². The summed E-state index contributed by atoms with van der Waals surface area (Å²) < 4.78 is 16.7. The molecule has 0 bridgehead atoms. The zero-order valence-electron chi connectivity index (χ0n) is 40.5. The Labute approximate surface area is 387 Å². The summed E-state index contributed by atoms with van der Waals surface area (Å²) in [7, 11) is 0. The first-order chi connectivity index (χ1) is 31.0. The van der Waals surface area contributed by atoms with Crippen LogP contribution in [0.25, 0.3) is 0 Å². The molecule has 0 N–H and O–H groups in total. The molecule has 0 aliphatic rings. The number of hydrogen-bond acceptors (Lipinski definition) is 6. The maximum atomic E-state index is 12.8. The standard InChI is InChI=1S/C57H92O6/c1-4-7-10-13-16-19-22-25-27-28-30-32-35-38-41-44-47-50-56(59)62-53-54(52-61-55(58)49-46-43-40-37-34-31-24-21-18-15-12-9-6-3)63-57(60)51-48-45-42-39-36-33-29-26-23-20-17-14-11-8-5-2/h8,11,14,17,20,23,25-27,29-32,34,38,40-41,43,54H,4-7,9-10,12-13,15-16,18-19,21-22,24,28,33,35-37,39,42,44-53H2,1-3H3/b11-8-,17-14-,23-20-,27-25-,29-26-,32-30-,34-31-,41-38-,43-40-. The molecule has 0 aromatic rings. The van der Waals surface area contributed by atoms with Crippen molar-refractivity contribution < 1.29 is 28.6 Å².